The van der Waals surface area contributed by atoms with Crippen molar-refractivity contribution < 1.29 is 14.6 Å². The Morgan fingerprint density at radius 2 is 2.16 bits per heavy atom. The molecule has 1 aromatic heterocycles. The smallest absolute Gasteiger partial charge is 0.356 e. The summed E-state index contributed by atoms with van der Waals surface area (Å²) in [5.74, 6) is -0.985. The standard InChI is InChI=1S/C19H24N2O3S/c1-19(2)9-6-10-21(12-19)18-20-15(17(22)23)16(25-18)14-8-5-4-7-13(14)11-24-3/h4-5,7-8H,6,9-12H2,1-3H3,(H,22,23). The maximum absolute atomic E-state index is 11.8. The highest BCUT2D eigenvalue weighted by molar-refractivity contribution is 7.19. The van der Waals surface area contributed by atoms with E-state index in [9.17, 15) is 9.90 Å². The number of methoxy groups -OCH3 is 1. The van der Waals surface area contributed by atoms with Crippen LogP contribution in [0.1, 0.15) is 42.7 Å². The molecular formula is C19H24N2O3S. The Balaban J connectivity index is 2.03. The molecule has 3 rings (SSSR count). The molecule has 0 saturated carbocycles. The number of carboxylic acids is 1. The number of piperidine rings is 1. The first-order valence-electron chi connectivity index (χ1n) is 8.47. The molecule has 0 radical (unpaired) electrons. The van der Waals surface area contributed by atoms with E-state index >= 15 is 0 Å². The molecule has 2 heterocycles. The van der Waals surface area contributed by atoms with E-state index in [1.807, 2.05) is 24.3 Å². The Bertz CT molecular complexity index is 770. The van der Waals surface area contributed by atoms with Crippen LogP contribution in [0, 0.1) is 5.41 Å². The van der Waals surface area contributed by atoms with Crippen molar-refractivity contribution in [2.24, 2.45) is 5.41 Å². The topological polar surface area (TPSA) is 62.7 Å². The predicted octanol–water partition coefficient (Wildman–Crippen LogP) is 4.28. The van der Waals surface area contributed by atoms with Crippen LogP contribution in [-0.4, -0.2) is 36.3 Å². The van der Waals surface area contributed by atoms with E-state index in [1.54, 1.807) is 7.11 Å². The summed E-state index contributed by atoms with van der Waals surface area (Å²) in [5.41, 5.74) is 2.22. The van der Waals surface area contributed by atoms with Gasteiger partial charge in [-0.1, -0.05) is 49.4 Å². The molecule has 1 aromatic carbocycles. The number of hydrogen-bond donors (Lipinski definition) is 1. The second-order valence-corrected chi connectivity index (χ2v) is 8.24. The van der Waals surface area contributed by atoms with Crippen LogP contribution in [0.4, 0.5) is 5.13 Å². The Kier molecular flexibility index (Phi) is 5.11. The third kappa shape index (κ3) is 3.85. The highest BCUT2D eigenvalue weighted by Gasteiger charge is 2.30. The molecule has 6 heteroatoms. The summed E-state index contributed by atoms with van der Waals surface area (Å²) in [6, 6.07) is 7.77. The summed E-state index contributed by atoms with van der Waals surface area (Å²) in [4.78, 5) is 19.2. The number of rotatable bonds is 5. The fourth-order valence-electron chi connectivity index (χ4n) is 3.38. The molecule has 0 aliphatic carbocycles. The maximum Gasteiger partial charge on any atom is 0.356 e. The average Bonchev–Trinajstić information content (AvgIpc) is 3.00. The Hall–Kier alpha value is -1.92. The minimum absolute atomic E-state index is 0.131. The molecule has 0 spiro atoms. The molecule has 5 nitrogen and oxygen atoms in total. The zero-order chi connectivity index (χ0) is 18.0. The first-order chi connectivity index (χ1) is 11.9. The zero-order valence-electron chi connectivity index (χ0n) is 14.9. The van der Waals surface area contributed by atoms with Gasteiger partial charge in [0, 0.05) is 20.2 Å². The van der Waals surface area contributed by atoms with Gasteiger partial charge in [-0.2, -0.15) is 0 Å². The summed E-state index contributed by atoms with van der Waals surface area (Å²) in [6.07, 6.45) is 2.29. The second kappa shape index (κ2) is 7.14. The Morgan fingerprint density at radius 1 is 1.40 bits per heavy atom. The van der Waals surface area contributed by atoms with Crippen molar-refractivity contribution in [2.45, 2.75) is 33.3 Å². The van der Waals surface area contributed by atoms with E-state index in [4.69, 9.17) is 4.74 Å². The lowest BCUT2D eigenvalue weighted by atomic mass is 9.84. The van der Waals surface area contributed by atoms with Crippen LogP contribution in [0.2, 0.25) is 0 Å². The van der Waals surface area contributed by atoms with E-state index in [-0.39, 0.29) is 11.1 Å². The Labute approximate surface area is 152 Å². The van der Waals surface area contributed by atoms with Gasteiger partial charge in [-0.25, -0.2) is 9.78 Å². The van der Waals surface area contributed by atoms with Crippen molar-refractivity contribution in [2.75, 3.05) is 25.1 Å². The van der Waals surface area contributed by atoms with Gasteiger partial charge >= 0.3 is 5.97 Å². The van der Waals surface area contributed by atoms with Crippen molar-refractivity contribution in [3.63, 3.8) is 0 Å². The van der Waals surface area contributed by atoms with Crippen molar-refractivity contribution in [1.29, 1.82) is 0 Å². The molecule has 2 aromatic rings. The highest BCUT2D eigenvalue weighted by atomic mass is 32.1. The van der Waals surface area contributed by atoms with Gasteiger partial charge in [0.05, 0.1) is 11.5 Å². The molecule has 134 valence electrons. The molecular weight excluding hydrogens is 336 g/mol. The number of thiazole rings is 1. The van der Waals surface area contributed by atoms with Crippen LogP contribution in [-0.2, 0) is 11.3 Å². The lowest BCUT2D eigenvalue weighted by molar-refractivity contribution is 0.0692. The largest absolute Gasteiger partial charge is 0.476 e. The molecule has 1 aliphatic rings. The fourth-order valence-corrected chi connectivity index (χ4v) is 4.52. The zero-order valence-corrected chi connectivity index (χ0v) is 15.7. The van der Waals surface area contributed by atoms with Gasteiger partial charge in [-0.3, -0.25) is 0 Å². The summed E-state index contributed by atoms with van der Waals surface area (Å²) in [6.45, 7) is 6.77. The fraction of sp³-hybridized carbons (Fsp3) is 0.474. The van der Waals surface area contributed by atoms with Gasteiger partial charge in [0.25, 0.3) is 0 Å². The van der Waals surface area contributed by atoms with E-state index in [2.05, 4.69) is 23.7 Å². The molecule has 0 unspecified atom stereocenters. The number of hydrogen-bond acceptors (Lipinski definition) is 5. The van der Waals surface area contributed by atoms with Gasteiger partial charge in [0.2, 0.25) is 0 Å². The number of aromatic carboxylic acids is 1. The van der Waals surface area contributed by atoms with Crippen LogP contribution in [0.3, 0.4) is 0 Å². The summed E-state index contributed by atoms with van der Waals surface area (Å²) in [7, 11) is 1.64. The number of benzene rings is 1. The molecule has 1 saturated heterocycles. The van der Waals surface area contributed by atoms with Gasteiger partial charge in [0.15, 0.2) is 10.8 Å². The van der Waals surface area contributed by atoms with Crippen LogP contribution in [0.25, 0.3) is 10.4 Å². The van der Waals surface area contributed by atoms with Crippen molar-refractivity contribution >= 4 is 22.4 Å². The lowest BCUT2D eigenvalue weighted by Gasteiger charge is -2.37. The third-order valence-corrected chi connectivity index (χ3v) is 5.70. The molecule has 0 atom stereocenters. The molecule has 25 heavy (non-hydrogen) atoms. The minimum Gasteiger partial charge on any atom is -0.476 e. The maximum atomic E-state index is 11.8. The van der Waals surface area contributed by atoms with Crippen LogP contribution in [0.15, 0.2) is 24.3 Å². The van der Waals surface area contributed by atoms with E-state index in [0.29, 0.717) is 11.5 Å². The number of nitrogens with zero attached hydrogens (tertiary/aromatic N) is 2. The highest BCUT2D eigenvalue weighted by Crippen LogP contribution is 2.39. The van der Waals surface area contributed by atoms with Crippen molar-refractivity contribution in [3.8, 4) is 10.4 Å². The SMILES string of the molecule is COCc1ccccc1-c1sc(N2CCCC(C)(C)C2)nc1C(=O)O. The normalized spacial score (nSPS) is 16.8. The third-order valence-electron chi connectivity index (χ3n) is 4.55. The van der Waals surface area contributed by atoms with Crippen molar-refractivity contribution in [3.05, 3.63) is 35.5 Å². The number of anilines is 1. The van der Waals surface area contributed by atoms with E-state index in [0.717, 1.165) is 35.8 Å². The van der Waals surface area contributed by atoms with Gasteiger partial charge in [-0.15, -0.1) is 0 Å². The van der Waals surface area contributed by atoms with Gasteiger partial charge in [-0.05, 0) is 29.4 Å². The number of ether oxygens (including phenoxy) is 1. The molecule has 0 bridgehead atoms. The summed E-state index contributed by atoms with van der Waals surface area (Å²) < 4.78 is 5.27. The van der Waals surface area contributed by atoms with E-state index < -0.39 is 5.97 Å². The van der Waals surface area contributed by atoms with Crippen LogP contribution < -0.4 is 4.90 Å². The molecule has 1 N–H and O–H groups in total. The van der Waals surface area contributed by atoms with Gasteiger partial charge in [0.1, 0.15) is 0 Å². The first kappa shape index (κ1) is 17.9. The number of carbonyl (C=O) groups is 1. The lowest BCUT2D eigenvalue weighted by Crippen LogP contribution is -2.40. The quantitative estimate of drug-likeness (QED) is 0.862. The molecule has 0 amide bonds. The summed E-state index contributed by atoms with van der Waals surface area (Å²) in [5, 5.41) is 10.5. The molecule has 1 fully saturated rings. The number of aromatic nitrogens is 1. The predicted molar refractivity (Wildman–Crippen MR) is 100 cm³/mol. The molecule has 1 aliphatic heterocycles. The first-order valence-corrected chi connectivity index (χ1v) is 9.29. The monoisotopic (exact) mass is 360 g/mol. The average molecular weight is 360 g/mol. The summed E-state index contributed by atoms with van der Waals surface area (Å²) >= 11 is 1.47. The van der Waals surface area contributed by atoms with Crippen molar-refractivity contribution in [1.82, 2.24) is 4.98 Å². The Morgan fingerprint density at radius 3 is 2.84 bits per heavy atom. The number of carboxylic acid groups (broad SMARTS) is 1. The second-order valence-electron chi connectivity index (χ2n) is 7.26. The van der Waals surface area contributed by atoms with Crippen LogP contribution in [0.5, 0.6) is 0 Å². The minimum atomic E-state index is -0.985. The van der Waals surface area contributed by atoms with Crippen LogP contribution >= 0.6 is 11.3 Å². The van der Waals surface area contributed by atoms with E-state index in [1.165, 1.54) is 17.8 Å². The van der Waals surface area contributed by atoms with Gasteiger partial charge < -0.3 is 14.7 Å².